The highest BCUT2D eigenvalue weighted by molar-refractivity contribution is 5.65. The number of hydrogen-bond donors (Lipinski definition) is 1. The maximum absolute atomic E-state index is 4.11. The predicted octanol–water partition coefficient (Wildman–Crippen LogP) is 6.18. The molecule has 0 fully saturated rings. The Morgan fingerprint density at radius 2 is 1.80 bits per heavy atom. The smallest absolute Gasteiger partial charge is 0.0147 e. The Hall–Kier alpha value is -2.28. The van der Waals surface area contributed by atoms with Crippen molar-refractivity contribution in [2.24, 2.45) is 0 Å². The van der Waals surface area contributed by atoms with Crippen LogP contribution in [0.25, 0.3) is 5.57 Å². The number of allylic oxidation sites excluding steroid dienone is 1. The van der Waals surface area contributed by atoms with Crippen LogP contribution >= 0.6 is 0 Å². The Balaban J connectivity index is 2.11. The van der Waals surface area contributed by atoms with Crippen LogP contribution in [0, 0.1) is 13.8 Å². The lowest BCUT2D eigenvalue weighted by atomic mass is 9.88. The lowest BCUT2D eigenvalue weighted by molar-refractivity contribution is 0.565. The van der Waals surface area contributed by atoms with Gasteiger partial charge in [0.15, 0.2) is 0 Å². The van der Waals surface area contributed by atoms with Crippen LogP contribution in [0.1, 0.15) is 53.5 Å². The highest BCUT2D eigenvalue weighted by Crippen LogP contribution is 2.27. The Kier molecular flexibility index (Phi) is 7.06. The Bertz CT molecular complexity index is 709. The quantitative estimate of drug-likeness (QED) is 0.541. The van der Waals surface area contributed by atoms with Crippen molar-refractivity contribution in [3.63, 3.8) is 0 Å². The first-order chi connectivity index (χ1) is 12.0. The average molecular weight is 334 g/mol. The first kappa shape index (κ1) is 19.1. The SMILES string of the molecule is C=CNCCC(CCc1ccc(C)c(C(=C)C)c1)c1ccc(C)cc1. The maximum atomic E-state index is 4.11. The third kappa shape index (κ3) is 5.63. The van der Waals surface area contributed by atoms with Crippen LogP contribution in [-0.4, -0.2) is 6.54 Å². The highest BCUT2D eigenvalue weighted by atomic mass is 14.8. The van der Waals surface area contributed by atoms with Gasteiger partial charge in [-0.25, -0.2) is 0 Å². The van der Waals surface area contributed by atoms with Crippen LogP contribution in [0.5, 0.6) is 0 Å². The molecule has 0 radical (unpaired) electrons. The van der Waals surface area contributed by atoms with Crippen molar-refractivity contribution in [1.29, 1.82) is 0 Å². The molecule has 0 aromatic heterocycles. The molecule has 2 aromatic carbocycles. The van der Waals surface area contributed by atoms with E-state index < -0.39 is 0 Å². The van der Waals surface area contributed by atoms with Crippen molar-refractivity contribution >= 4 is 5.57 Å². The van der Waals surface area contributed by atoms with Crippen LogP contribution in [0.3, 0.4) is 0 Å². The van der Waals surface area contributed by atoms with Gasteiger partial charge in [-0.3, -0.25) is 0 Å². The molecule has 1 unspecified atom stereocenters. The molecule has 0 heterocycles. The minimum atomic E-state index is 0.558. The third-order valence-corrected chi connectivity index (χ3v) is 4.87. The molecule has 1 atom stereocenters. The minimum Gasteiger partial charge on any atom is -0.391 e. The second-order valence-electron chi connectivity index (χ2n) is 7.02. The number of aryl methyl sites for hydroxylation is 3. The number of benzene rings is 2. The normalized spacial score (nSPS) is 11.8. The number of rotatable bonds is 9. The zero-order chi connectivity index (χ0) is 18.2. The molecule has 0 aliphatic carbocycles. The van der Waals surface area contributed by atoms with Crippen molar-refractivity contribution in [2.75, 3.05) is 6.54 Å². The molecule has 25 heavy (non-hydrogen) atoms. The molecule has 0 spiro atoms. The second-order valence-corrected chi connectivity index (χ2v) is 7.02. The second kappa shape index (κ2) is 9.27. The standard InChI is InChI=1S/C24H31N/c1-6-25-16-15-23(22-12-7-19(4)8-13-22)14-11-21-10-9-20(5)24(17-21)18(2)3/h6-10,12-13,17,23,25H,1-2,11,14-16H2,3-5H3. The summed E-state index contributed by atoms with van der Waals surface area (Å²) in [7, 11) is 0. The van der Waals surface area contributed by atoms with Gasteiger partial charge in [-0.05, 0) is 74.4 Å². The van der Waals surface area contributed by atoms with E-state index in [1.165, 1.54) is 27.8 Å². The fourth-order valence-corrected chi connectivity index (χ4v) is 3.30. The van der Waals surface area contributed by atoms with Crippen LogP contribution in [0.4, 0.5) is 0 Å². The molecule has 0 aliphatic rings. The van der Waals surface area contributed by atoms with E-state index in [4.69, 9.17) is 0 Å². The summed E-state index contributed by atoms with van der Waals surface area (Å²) in [6.07, 6.45) is 5.15. The molecule has 2 rings (SSSR count). The molecule has 0 aliphatic heterocycles. The largest absolute Gasteiger partial charge is 0.391 e. The van der Waals surface area contributed by atoms with E-state index in [2.05, 4.69) is 81.7 Å². The summed E-state index contributed by atoms with van der Waals surface area (Å²) in [6.45, 7) is 15.2. The topological polar surface area (TPSA) is 12.0 Å². The first-order valence-corrected chi connectivity index (χ1v) is 9.17. The van der Waals surface area contributed by atoms with Gasteiger partial charge >= 0.3 is 0 Å². The lowest BCUT2D eigenvalue weighted by Crippen LogP contribution is -2.12. The summed E-state index contributed by atoms with van der Waals surface area (Å²) in [4.78, 5) is 0. The van der Waals surface area contributed by atoms with E-state index >= 15 is 0 Å². The summed E-state index contributed by atoms with van der Waals surface area (Å²) in [6, 6.07) is 15.8. The molecule has 0 saturated heterocycles. The van der Waals surface area contributed by atoms with Gasteiger partial charge in [-0.15, -0.1) is 0 Å². The van der Waals surface area contributed by atoms with Crippen LogP contribution in [0.2, 0.25) is 0 Å². The van der Waals surface area contributed by atoms with E-state index in [1.54, 1.807) is 6.20 Å². The third-order valence-electron chi connectivity index (χ3n) is 4.87. The molecule has 132 valence electrons. The van der Waals surface area contributed by atoms with Crippen molar-refractivity contribution in [3.8, 4) is 0 Å². The molecule has 1 N–H and O–H groups in total. The maximum Gasteiger partial charge on any atom is 0.0147 e. The molecule has 0 amide bonds. The van der Waals surface area contributed by atoms with Gasteiger partial charge in [-0.1, -0.05) is 66.8 Å². The lowest BCUT2D eigenvalue weighted by Gasteiger charge is -2.18. The van der Waals surface area contributed by atoms with Crippen LogP contribution in [-0.2, 0) is 6.42 Å². The highest BCUT2D eigenvalue weighted by Gasteiger charge is 2.12. The monoisotopic (exact) mass is 333 g/mol. The number of hydrogen-bond acceptors (Lipinski definition) is 1. The van der Waals surface area contributed by atoms with Crippen molar-refractivity contribution in [1.82, 2.24) is 5.32 Å². The predicted molar refractivity (Wildman–Crippen MR) is 111 cm³/mol. The van der Waals surface area contributed by atoms with E-state index in [9.17, 15) is 0 Å². The Morgan fingerprint density at radius 1 is 1.08 bits per heavy atom. The van der Waals surface area contributed by atoms with Gasteiger partial charge < -0.3 is 5.32 Å². The first-order valence-electron chi connectivity index (χ1n) is 9.17. The van der Waals surface area contributed by atoms with Gasteiger partial charge in [0.1, 0.15) is 0 Å². The van der Waals surface area contributed by atoms with Crippen molar-refractivity contribution in [2.45, 2.75) is 46.0 Å². The molecular formula is C24H31N. The average Bonchev–Trinajstić information content (AvgIpc) is 2.60. The molecule has 1 nitrogen and oxygen atoms in total. The van der Waals surface area contributed by atoms with E-state index in [-0.39, 0.29) is 0 Å². The fraction of sp³-hybridized carbons (Fsp3) is 0.333. The van der Waals surface area contributed by atoms with Crippen LogP contribution in [0.15, 0.2) is 61.8 Å². The summed E-state index contributed by atoms with van der Waals surface area (Å²) in [5.74, 6) is 0.558. The van der Waals surface area contributed by atoms with E-state index in [0.29, 0.717) is 5.92 Å². The Labute approximate surface area is 153 Å². The van der Waals surface area contributed by atoms with Crippen LogP contribution < -0.4 is 5.32 Å². The summed E-state index contributed by atoms with van der Waals surface area (Å²) in [5.41, 5.74) is 7.89. The zero-order valence-electron chi connectivity index (χ0n) is 15.9. The number of nitrogens with one attached hydrogen (secondary N) is 1. The Morgan fingerprint density at radius 3 is 2.44 bits per heavy atom. The van der Waals surface area contributed by atoms with E-state index in [1.807, 2.05) is 0 Å². The van der Waals surface area contributed by atoms with E-state index in [0.717, 1.165) is 31.4 Å². The van der Waals surface area contributed by atoms with Gasteiger partial charge in [0.2, 0.25) is 0 Å². The molecule has 2 aromatic rings. The molecular weight excluding hydrogens is 302 g/mol. The van der Waals surface area contributed by atoms with Gasteiger partial charge in [-0.2, -0.15) is 0 Å². The van der Waals surface area contributed by atoms with Gasteiger partial charge in [0, 0.05) is 6.54 Å². The van der Waals surface area contributed by atoms with Crippen molar-refractivity contribution in [3.05, 3.63) is 89.6 Å². The van der Waals surface area contributed by atoms with Crippen molar-refractivity contribution < 1.29 is 0 Å². The molecule has 1 heteroatoms. The summed E-state index contributed by atoms with van der Waals surface area (Å²) < 4.78 is 0. The fourth-order valence-electron chi connectivity index (χ4n) is 3.30. The summed E-state index contributed by atoms with van der Waals surface area (Å²) in [5, 5.41) is 3.24. The minimum absolute atomic E-state index is 0.558. The van der Waals surface area contributed by atoms with Gasteiger partial charge in [0.25, 0.3) is 0 Å². The molecule has 0 saturated carbocycles. The zero-order valence-corrected chi connectivity index (χ0v) is 15.9. The summed E-state index contributed by atoms with van der Waals surface area (Å²) >= 11 is 0. The molecule has 0 bridgehead atoms. The van der Waals surface area contributed by atoms with Gasteiger partial charge in [0.05, 0.1) is 0 Å².